The number of unbranched alkanes of at least 4 members (excludes halogenated alkanes) is 2. The van der Waals surface area contributed by atoms with Crippen LogP contribution in [-0.2, 0) is 19.3 Å². The predicted octanol–water partition coefficient (Wildman–Crippen LogP) is 8.88. The second-order valence-corrected chi connectivity index (χ2v) is 10.9. The maximum atomic E-state index is 5.85. The first kappa shape index (κ1) is 25.7. The number of halogens is 2. The van der Waals surface area contributed by atoms with E-state index in [9.17, 15) is 0 Å². The van der Waals surface area contributed by atoms with Gasteiger partial charge >= 0.3 is 0 Å². The highest BCUT2D eigenvalue weighted by atomic mass is 35.5. The van der Waals surface area contributed by atoms with Gasteiger partial charge in [-0.3, -0.25) is 0 Å². The summed E-state index contributed by atoms with van der Waals surface area (Å²) in [6.07, 6.45) is 12.9. The van der Waals surface area contributed by atoms with E-state index in [1.165, 1.54) is 79.5 Å². The summed E-state index contributed by atoms with van der Waals surface area (Å²) >= 11 is 11.7. The molecule has 0 aliphatic heterocycles. The zero-order valence-electron chi connectivity index (χ0n) is 19.1. The van der Waals surface area contributed by atoms with Crippen molar-refractivity contribution in [2.24, 2.45) is 0 Å². The highest BCUT2D eigenvalue weighted by Gasteiger charge is 2.15. The van der Waals surface area contributed by atoms with Gasteiger partial charge < -0.3 is 0 Å². The molecule has 0 aromatic heterocycles. The van der Waals surface area contributed by atoms with Crippen LogP contribution >= 0.6 is 31.8 Å². The molecule has 0 saturated heterocycles. The Labute approximate surface area is 196 Å². The van der Waals surface area contributed by atoms with Gasteiger partial charge in [0, 0.05) is 0 Å². The highest BCUT2D eigenvalue weighted by molar-refractivity contribution is 7.47. The number of alkyl halides is 2. The van der Waals surface area contributed by atoms with Crippen molar-refractivity contribution in [2.75, 3.05) is 6.16 Å². The van der Waals surface area contributed by atoms with E-state index in [1.54, 1.807) is 11.1 Å². The predicted molar refractivity (Wildman–Crippen MR) is 141 cm³/mol. The molecule has 2 aromatic carbocycles. The molecule has 0 saturated carbocycles. The molecule has 0 amide bonds. The zero-order valence-corrected chi connectivity index (χ0v) is 21.6. The van der Waals surface area contributed by atoms with Gasteiger partial charge in [0.2, 0.25) is 0 Å². The van der Waals surface area contributed by atoms with Gasteiger partial charge in [-0.1, -0.05) is 97.9 Å². The van der Waals surface area contributed by atoms with E-state index in [-0.39, 0.29) is 4.84 Å². The van der Waals surface area contributed by atoms with Gasteiger partial charge in [0.25, 0.3) is 0 Å². The van der Waals surface area contributed by atoms with Gasteiger partial charge in [0.15, 0.2) is 0 Å². The number of benzene rings is 2. The van der Waals surface area contributed by atoms with E-state index < -0.39 is 0 Å². The number of rotatable bonds is 14. The van der Waals surface area contributed by atoms with Crippen LogP contribution in [0.5, 0.6) is 0 Å². The summed E-state index contributed by atoms with van der Waals surface area (Å²) < 4.78 is 0. The van der Waals surface area contributed by atoms with Crippen molar-refractivity contribution >= 4 is 37.1 Å². The molecule has 2 aromatic rings. The quantitative estimate of drug-likeness (QED) is 0.148. The standard InChI is InChI=1S/C27H39Cl2P/c1-4-12-21-19-22(13-5-2)27(23(20-21)14-6-3)24-15-9-10-16-25(24)30-18-11-7-8-17-26(28)29/h9-10,15-16,19-20,26,30H,4-8,11-14,17-18H2,1-3H3. The monoisotopic (exact) mass is 464 g/mol. The first-order valence-electron chi connectivity index (χ1n) is 11.9. The molecule has 166 valence electrons. The van der Waals surface area contributed by atoms with Crippen LogP contribution < -0.4 is 5.30 Å². The van der Waals surface area contributed by atoms with Crippen molar-refractivity contribution in [2.45, 2.75) is 89.8 Å². The van der Waals surface area contributed by atoms with Crippen molar-refractivity contribution in [3.05, 3.63) is 53.1 Å². The van der Waals surface area contributed by atoms with Crippen LogP contribution in [0.4, 0.5) is 0 Å². The third-order valence-corrected chi connectivity index (χ3v) is 7.41. The molecule has 0 radical (unpaired) electrons. The Morgan fingerprint density at radius 1 is 0.800 bits per heavy atom. The van der Waals surface area contributed by atoms with E-state index >= 15 is 0 Å². The van der Waals surface area contributed by atoms with Crippen molar-refractivity contribution < 1.29 is 0 Å². The number of hydrogen-bond acceptors (Lipinski definition) is 0. The van der Waals surface area contributed by atoms with Crippen LogP contribution in [0.25, 0.3) is 11.1 Å². The smallest absolute Gasteiger partial charge is 0.105 e. The van der Waals surface area contributed by atoms with Crippen LogP contribution in [0, 0.1) is 0 Å². The van der Waals surface area contributed by atoms with Gasteiger partial charge in [-0.15, -0.1) is 23.2 Å². The molecule has 3 heteroatoms. The highest BCUT2D eigenvalue weighted by Crippen LogP contribution is 2.33. The Bertz CT molecular complexity index is 727. The molecule has 0 spiro atoms. The minimum Gasteiger partial charge on any atom is -0.105 e. The molecular formula is C27H39Cl2P. The molecule has 1 unspecified atom stereocenters. The Morgan fingerprint density at radius 3 is 2.03 bits per heavy atom. The summed E-state index contributed by atoms with van der Waals surface area (Å²) in [5.74, 6) is 0. The molecule has 0 N–H and O–H groups in total. The third kappa shape index (κ3) is 8.18. The van der Waals surface area contributed by atoms with Crippen molar-refractivity contribution in [1.82, 2.24) is 0 Å². The molecule has 30 heavy (non-hydrogen) atoms. The number of aryl methyl sites for hydroxylation is 3. The molecule has 0 aliphatic rings. The second kappa shape index (κ2) is 14.5. The van der Waals surface area contributed by atoms with E-state index in [1.807, 2.05) is 0 Å². The lowest BCUT2D eigenvalue weighted by molar-refractivity contribution is 0.696. The van der Waals surface area contributed by atoms with Crippen LogP contribution in [0.1, 0.15) is 82.4 Å². The molecule has 0 heterocycles. The zero-order chi connectivity index (χ0) is 21.8. The summed E-state index contributed by atoms with van der Waals surface area (Å²) in [7, 11) is 0.863. The average Bonchev–Trinajstić information content (AvgIpc) is 2.72. The summed E-state index contributed by atoms with van der Waals surface area (Å²) in [4.78, 5) is -0.210. The van der Waals surface area contributed by atoms with Crippen molar-refractivity contribution in [3.63, 3.8) is 0 Å². The summed E-state index contributed by atoms with van der Waals surface area (Å²) in [5.41, 5.74) is 7.64. The van der Waals surface area contributed by atoms with Gasteiger partial charge in [0.05, 0.1) is 0 Å². The molecule has 0 nitrogen and oxygen atoms in total. The minimum absolute atomic E-state index is 0.210. The lowest BCUT2D eigenvalue weighted by Gasteiger charge is -2.20. The fraction of sp³-hybridized carbons (Fsp3) is 0.556. The molecule has 0 aliphatic carbocycles. The topological polar surface area (TPSA) is 0 Å². The fourth-order valence-electron chi connectivity index (χ4n) is 4.23. The molecule has 0 fully saturated rings. The van der Waals surface area contributed by atoms with Gasteiger partial charge in [-0.2, -0.15) is 0 Å². The molecular weight excluding hydrogens is 426 g/mol. The van der Waals surface area contributed by atoms with Crippen LogP contribution in [-0.4, -0.2) is 11.0 Å². The summed E-state index contributed by atoms with van der Waals surface area (Å²) in [6, 6.07) is 14.1. The van der Waals surface area contributed by atoms with Crippen LogP contribution in [0.15, 0.2) is 36.4 Å². The van der Waals surface area contributed by atoms with Crippen molar-refractivity contribution in [3.8, 4) is 11.1 Å². The van der Waals surface area contributed by atoms with E-state index in [4.69, 9.17) is 23.2 Å². The van der Waals surface area contributed by atoms with Crippen molar-refractivity contribution in [1.29, 1.82) is 0 Å². The van der Waals surface area contributed by atoms with Crippen LogP contribution in [0.3, 0.4) is 0 Å². The Balaban J connectivity index is 2.29. The molecule has 2 rings (SSSR count). The summed E-state index contributed by atoms with van der Waals surface area (Å²) in [6.45, 7) is 6.88. The first-order valence-corrected chi connectivity index (χ1v) is 13.9. The maximum absolute atomic E-state index is 5.85. The van der Waals surface area contributed by atoms with Gasteiger partial charge in [-0.05, 0) is 71.4 Å². The molecule has 1 atom stereocenters. The number of hydrogen-bond donors (Lipinski definition) is 0. The van der Waals surface area contributed by atoms with Gasteiger partial charge in [-0.25, -0.2) is 0 Å². The van der Waals surface area contributed by atoms with E-state index in [2.05, 4.69) is 57.2 Å². The Morgan fingerprint density at radius 2 is 1.43 bits per heavy atom. The van der Waals surface area contributed by atoms with E-state index in [0.717, 1.165) is 21.4 Å². The fourth-order valence-corrected chi connectivity index (χ4v) is 5.85. The molecule has 0 bridgehead atoms. The van der Waals surface area contributed by atoms with Gasteiger partial charge in [0.1, 0.15) is 4.84 Å². The van der Waals surface area contributed by atoms with Crippen LogP contribution in [0.2, 0.25) is 0 Å². The minimum atomic E-state index is -0.210. The maximum Gasteiger partial charge on any atom is 0.107 e. The normalized spacial score (nSPS) is 11.8. The van der Waals surface area contributed by atoms with E-state index in [0.29, 0.717) is 0 Å². The largest absolute Gasteiger partial charge is 0.107 e. The summed E-state index contributed by atoms with van der Waals surface area (Å²) in [5, 5.41) is 1.53. The average molecular weight is 465 g/mol. The SMILES string of the molecule is CCCc1cc(CCC)c(-c2ccccc2PCCCCCC(Cl)Cl)c(CCC)c1. The Hall–Kier alpha value is -0.550. The Kier molecular flexibility index (Phi) is 12.4. The third-order valence-electron chi connectivity index (χ3n) is 5.55. The lowest BCUT2D eigenvalue weighted by Crippen LogP contribution is -2.07. The first-order chi connectivity index (χ1) is 14.6. The second-order valence-electron chi connectivity index (χ2n) is 8.25. The lowest BCUT2D eigenvalue weighted by atomic mass is 9.87.